The first-order valence-electron chi connectivity index (χ1n) is 7.57. The number of hydrogen-bond donors (Lipinski definition) is 1. The molecule has 21 heavy (non-hydrogen) atoms. The number of ether oxygens (including phenoxy) is 1. The van der Waals surface area contributed by atoms with Crippen LogP contribution in [-0.4, -0.2) is 22.9 Å². The largest absolute Gasteiger partial charge is 0.491 e. The van der Waals surface area contributed by atoms with Gasteiger partial charge in [0.05, 0.1) is 12.3 Å². The lowest BCUT2D eigenvalue weighted by atomic mass is 10.0. The molecule has 1 N–H and O–H groups in total. The van der Waals surface area contributed by atoms with Gasteiger partial charge in [-0.3, -0.25) is 4.68 Å². The Bertz CT molecular complexity index is 563. The molecule has 0 aliphatic rings. The molecule has 1 atom stereocenters. The van der Waals surface area contributed by atoms with Crippen LogP contribution < -0.4 is 10.1 Å². The molecule has 1 heterocycles. The summed E-state index contributed by atoms with van der Waals surface area (Å²) < 4.78 is 7.74. The minimum atomic E-state index is 0.191. The topological polar surface area (TPSA) is 39.1 Å². The second kappa shape index (κ2) is 7.27. The first-order chi connectivity index (χ1) is 10.1. The lowest BCUT2D eigenvalue weighted by molar-refractivity contribution is 0.242. The predicted molar refractivity (Wildman–Crippen MR) is 85.6 cm³/mol. The van der Waals surface area contributed by atoms with Crippen molar-refractivity contribution in [2.24, 2.45) is 0 Å². The average molecular weight is 287 g/mol. The van der Waals surface area contributed by atoms with E-state index >= 15 is 0 Å². The summed E-state index contributed by atoms with van der Waals surface area (Å²) >= 11 is 0. The van der Waals surface area contributed by atoms with E-state index in [-0.39, 0.29) is 12.1 Å². The molecule has 0 amide bonds. The summed E-state index contributed by atoms with van der Waals surface area (Å²) in [6, 6.07) is 8.57. The summed E-state index contributed by atoms with van der Waals surface area (Å²) in [4.78, 5) is 0. The van der Waals surface area contributed by atoms with E-state index in [1.807, 2.05) is 43.9 Å². The van der Waals surface area contributed by atoms with Crippen molar-refractivity contribution >= 4 is 0 Å². The number of likely N-dealkylation sites (N-methyl/N-ethyl adjacent to an activating group) is 1. The molecule has 0 saturated carbocycles. The van der Waals surface area contributed by atoms with E-state index in [1.54, 1.807) is 0 Å². The highest BCUT2D eigenvalue weighted by atomic mass is 16.5. The monoisotopic (exact) mass is 287 g/mol. The van der Waals surface area contributed by atoms with E-state index in [0.717, 1.165) is 18.7 Å². The Morgan fingerprint density at radius 1 is 1.33 bits per heavy atom. The third-order valence-electron chi connectivity index (χ3n) is 3.43. The minimum absolute atomic E-state index is 0.191. The fraction of sp³-hybridized carbons (Fsp3) is 0.471. The zero-order chi connectivity index (χ0) is 15.2. The van der Waals surface area contributed by atoms with Crippen molar-refractivity contribution in [2.75, 3.05) is 7.05 Å². The van der Waals surface area contributed by atoms with Crippen molar-refractivity contribution in [3.05, 3.63) is 47.8 Å². The smallest absolute Gasteiger partial charge is 0.120 e. The zero-order valence-corrected chi connectivity index (χ0v) is 13.3. The van der Waals surface area contributed by atoms with Crippen LogP contribution in [0.15, 0.2) is 36.7 Å². The van der Waals surface area contributed by atoms with E-state index in [9.17, 15) is 0 Å². The van der Waals surface area contributed by atoms with Gasteiger partial charge in [-0.2, -0.15) is 5.10 Å². The average Bonchev–Trinajstić information content (AvgIpc) is 2.92. The second-order valence-electron chi connectivity index (χ2n) is 5.49. The van der Waals surface area contributed by atoms with Gasteiger partial charge in [0.15, 0.2) is 0 Å². The van der Waals surface area contributed by atoms with E-state index < -0.39 is 0 Å². The van der Waals surface area contributed by atoms with E-state index in [1.165, 1.54) is 11.1 Å². The fourth-order valence-corrected chi connectivity index (χ4v) is 2.38. The summed E-state index contributed by atoms with van der Waals surface area (Å²) in [5, 5.41) is 7.72. The molecule has 1 aromatic carbocycles. The van der Waals surface area contributed by atoms with Gasteiger partial charge in [-0.05, 0) is 57.5 Å². The van der Waals surface area contributed by atoms with Gasteiger partial charge in [0.1, 0.15) is 5.75 Å². The maximum atomic E-state index is 5.78. The lowest BCUT2D eigenvalue weighted by Crippen LogP contribution is -2.19. The van der Waals surface area contributed by atoms with E-state index in [4.69, 9.17) is 4.74 Å². The van der Waals surface area contributed by atoms with Gasteiger partial charge in [-0.15, -0.1) is 0 Å². The van der Waals surface area contributed by atoms with Crippen molar-refractivity contribution in [1.29, 1.82) is 0 Å². The normalized spacial score (nSPS) is 12.6. The predicted octanol–water partition coefficient (Wildman–Crippen LogP) is 3.19. The number of rotatable bonds is 7. The molecular weight excluding hydrogens is 262 g/mol. The van der Waals surface area contributed by atoms with Gasteiger partial charge in [0, 0.05) is 18.8 Å². The Balaban J connectivity index is 2.12. The molecule has 2 aromatic rings. The molecule has 0 fully saturated rings. The highest BCUT2D eigenvalue weighted by molar-refractivity contribution is 5.31. The minimum Gasteiger partial charge on any atom is -0.491 e. The third kappa shape index (κ3) is 4.33. The lowest BCUT2D eigenvalue weighted by Gasteiger charge is -2.18. The van der Waals surface area contributed by atoms with E-state index in [2.05, 4.69) is 35.7 Å². The van der Waals surface area contributed by atoms with Crippen LogP contribution in [0.5, 0.6) is 5.75 Å². The van der Waals surface area contributed by atoms with Crippen molar-refractivity contribution in [2.45, 2.75) is 45.9 Å². The summed E-state index contributed by atoms with van der Waals surface area (Å²) in [6.45, 7) is 7.09. The van der Waals surface area contributed by atoms with Crippen LogP contribution in [0.2, 0.25) is 0 Å². The fourth-order valence-electron chi connectivity index (χ4n) is 2.38. The molecule has 114 valence electrons. The van der Waals surface area contributed by atoms with E-state index in [0.29, 0.717) is 0 Å². The molecule has 1 aromatic heterocycles. The Hall–Kier alpha value is -1.81. The molecule has 0 radical (unpaired) electrons. The zero-order valence-electron chi connectivity index (χ0n) is 13.3. The number of aryl methyl sites for hydroxylation is 1. The van der Waals surface area contributed by atoms with Crippen molar-refractivity contribution < 1.29 is 4.74 Å². The highest BCUT2D eigenvalue weighted by Crippen LogP contribution is 2.23. The number of nitrogens with one attached hydrogen (secondary N) is 1. The summed E-state index contributed by atoms with van der Waals surface area (Å²) in [6.07, 6.45) is 5.17. The van der Waals surface area contributed by atoms with Crippen LogP contribution in [0.3, 0.4) is 0 Å². The Kier molecular flexibility index (Phi) is 5.39. The molecule has 0 spiro atoms. The third-order valence-corrected chi connectivity index (χ3v) is 3.43. The van der Waals surface area contributed by atoms with Crippen LogP contribution in [0, 0.1) is 0 Å². The molecular formula is C17H25N3O. The molecule has 4 nitrogen and oxygen atoms in total. The first kappa shape index (κ1) is 15.6. The highest BCUT2D eigenvalue weighted by Gasteiger charge is 2.12. The second-order valence-corrected chi connectivity index (χ2v) is 5.49. The van der Waals surface area contributed by atoms with Crippen LogP contribution in [0.25, 0.3) is 0 Å². The van der Waals surface area contributed by atoms with Gasteiger partial charge in [0.25, 0.3) is 0 Å². The van der Waals surface area contributed by atoms with Crippen LogP contribution in [0.4, 0.5) is 0 Å². The summed E-state index contributed by atoms with van der Waals surface area (Å²) in [5.74, 6) is 0.923. The van der Waals surface area contributed by atoms with Gasteiger partial charge in [-0.1, -0.05) is 12.1 Å². The summed E-state index contributed by atoms with van der Waals surface area (Å²) in [5.41, 5.74) is 2.48. The molecule has 0 bridgehead atoms. The van der Waals surface area contributed by atoms with Crippen LogP contribution in [-0.2, 0) is 13.0 Å². The molecule has 0 aliphatic carbocycles. The number of benzene rings is 1. The van der Waals surface area contributed by atoms with Crippen molar-refractivity contribution in [3.8, 4) is 5.75 Å². The van der Waals surface area contributed by atoms with Gasteiger partial charge >= 0.3 is 0 Å². The standard InChI is InChI=1S/C17H25N3O/c1-5-20-12-14(11-19-20)9-17(18-4)15-7-6-8-16(10-15)21-13(2)3/h6-8,10-13,17-18H,5,9H2,1-4H3. The maximum absolute atomic E-state index is 5.78. The Morgan fingerprint density at radius 2 is 2.14 bits per heavy atom. The van der Waals surface area contributed by atoms with Crippen LogP contribution in [0.1, 0.15) is 37.9 Å². The van der Waals surface area contributed by atoms with Gasteiger partial charge < -0.3 is 10.1 Å². The number of hydrogen-bond acceptors (Lipinski definition) is 3. The molecule has 2 rings (SSSR count). The van der Waals surface area contributed by atoms with Gasteiger partial charge in [0.2, 0.25) is 0 Å². The quantitative estimate of drug-likeness (QED) is 0.850. The van der Waals surface area contributed by atoms with Gasteiger partial charge in [-0.25, -0.2) is 0 Å². The van der Waals surface area contributed by atoms with Crippen molar-refractivity contribution in [1.82, 2.24) is 15.1 Å². The molecule has 4 heteroatoms. The SMILES string of the molecule is CCn1cc(CC(NC)c2cccc(OC(C)C)c2)cn1. The Labute approximate surface area is 127 Å². The molecule has 1 unspecified atom stereocenters. The maximum Gasteiger partial charge on any atom is 0.120 e. The first-order valence-corrected chi connectivity index (χ1v) is 7.57. The Morgan fingerprint density at radius 3 is 2.76 bits per heavy atom. The van der Waals surface area contributed by atoms with Crippen LogP contribution >= 0.6 is 0 Å². The van der Waals surface area contributed by atoms with Crippen molar-refractivity contribution in [3.63, 3.8) is 0 Å². The summed E-state index contributed by atoms with van der Waals surface area (Å²) in [7, 11) is 1.99. The number of nitrogens with zero attached hydrogens (tertiary/aromatic N) is 2. The molecule has 0 aliphatic heterocycles. The molecule has 0 saturated heterocycles. The number of aromatic nitrogens is 2.